The number of carbonyl (C=O) groups excluding carboxylic acids is 3. The number of nitrogens with one attached hydrogen (secondary N) is 3. The Balaban J connectivity index is 1.16. The van der Waals surface area contributed by atoms with Crippen molar-refractivity contribution in [3.8, 4) is 0 Å². The molecule has 3 aromatic rings. The molecule has 1 fully saturated rings. The third kappa shape index (κ3) is 4.87. The van der Waals surface area contributed by atoms with Crippen LogP contribution in [0.4, 0.5) is 16.3 Å². The van der Waals surface area contributed by atoms with Crippen molar-refractivity contribution < 1.29 is 14.4 Å². The van der Waals surface area contributed by atoms with E-state index in [9.17, 15) is 14.4 Å². The molecule has 200 valence electrons. The lowest BCUT2D eigenvalue weighted by atomic mass is 9.79. The first-order valence-corrected chi connectivity index (χ1v) is 13.7. The molecular formula is C31H33N5O3. The first-order chi connectivity index (χ1) is 18.9. The second-order valence-corrected chi connectivity index (χ2v) is 11.0. The van der Waals surface area contributed by atoms with Gasteiger partial charge in [-0.05, 0) is 73.1 Å². The van der Waals surface area contributed by atoms with Gasteiger partial charge in [-0.1, -0.05) is 49.2 Å². The molecule has 1 aliphatic heterocycles. The van der Waals surface area contributed by atoms with Crippen molar-refractivity contribution >= 4 is 29.4 Å². The van der Waals surface area contributed by atoms with E-state index in [2.05, 4.69) is 20.9 Å². The minimum absolute atomic E-state index is 0.0295. The van der Waals surface area contributed by atoms with E-state index in [0.717, 1.165) is 53.5 Å². The number of nitrogens with zero attached hydrogens (tertiary/aromatic N) is 2. The quantitative estimate of drug-likeness (QED) is 0.444. The lowest BCUT2D eigenvalue weighted by Gasteiger charge is -2.25. The molecule has 2 heterocycles. The minimum atomic E-state index is -0.656. The van der Waals surface area contributed by atoms with Gasteiger partial charge in [0.2, 0.25) is 11.8 Å². The van der Waals surface area contributed by atoms with Crippen molar-refractivity contribution in [1.82, 2.24) is 15.2 Å². The third-order valence-electron chi connectivity index (χ3n) is 8.39. The number of pyridine rings is 1. The number of anilines is 2. The molecule has 0 saturated heterocycles. The zero-order valence-electron chi connectivity index (χ0n) is 22.1. The predicted octanol–water partition coefficient (Wildman–Crippen LogP) is 4.47. The van der Waals surface area contributed by atoms with Gasteiger partial charge in [-0.3, -0.25) is 9.59 Å². The summed E-state index contributed by atoms with van der Waals surface area (Å²) in [5.41, 5.74) is 5.16. The number of urea groups is 1. The van der Waals surface area contributed by atoms with Crippen molar-refractivity contribution in [2.75, 3.05) is 17.2 Å². The van der Waals surface area contributed by atoms with Gasteiger partial charge in [0.15, 0.2) is 0 Å². The second-order valence-electron chi connectivity index (χ2n) is 11.0. The number of aryl methyl sites for hydroxylation is 1. The van der Waals surface area contributed by atoms with Crippen LogP contribution in [0, 0.1) is 6.92 Å². The van der Waals surface area contributed by atoms with Crippen molar-refractivity contribution in [3.63, 3.8) is 0 Å². The average molecular weight is 524 g/mol. The summed E-state index contributed by atoms with van der Waals surface area (Å²) in [6.07, 6.45) is 7.03. The highest BCUT2D eigenvalue weighted by atomic mass is 16.2. The summed E-state index contributed by atoms with van der Waals surface area (Å²) >= 11 is 0. The Morgan fingerprint density at radius 1 is 1.05 bits per heavy atom. The van der Waals surface area contributed by atoms with Crippen LogP contribution in [0.3, 0.4) is 0 Å². The average Bonchev–Trinajstić information content (AvgIpc) is 3.63. The largest absolute Gasteiger partial charge is 0.335 e. The Morgan fingerprint density at radius 2 is 1.85 bits per heavy atom. The molecule has 2 aromatic carbocycles. The van der Waals surface area contributed by atoms with Crippen molar-refractivity contribution in [2.45, 2.75) is 63.5 Å². The van der Waals surface area contributed by atoms with Gasteiger partial charge >= 0.3 is 6.03 Å². The number of carbonyl (C=O) groups is 3. The molecule has 1 spiro atoms. The predicted molar refractivity (Wildman–Crippen MR) is 149 cm³/mol. The fourth-order valence-electron chi connectivity index (χ4n) is 6.25. The summed E-state index contributed by atoms with van der Waals surface area (Å²) in [5, 5.41) is 9.04. The highest BCUT2D eigenvalue weighted by molar-refractivity contribution is 6.06. The number of amides is 4. The first kappa shape index (κ1) is 25.1. The summed E-state index contributed by atoms with van der Waals surface area (Å²) in [6, 6.07) is 17.5. The van der Waals surface area contributed by atoms with E-state index < -0.39 is 5.41 Å². The zero-order chi connectivity index (χ0) is 27.0. The highest BCUT2D eigenvalue weighted by Crippen LogP contribution is 2.46. The van der Waals surface area contributed by atoms with E-state index in [4.69, 9.17) is 0 Å². The summed E-state index contributed by atoms with van der Waals surface area (Å²) < 4.78 is 0. The molecule has 3 N–H and O–H groups in total. The molecule has 1 atom stereocenters. The smallest absolute Gasteiger partial charge is 0.318 e. The van der Waals surface area contributed by atoms with Crippen molar-refractivity contribution in [1.29, 1.82) is 0 Å². The van der Waals surface area contributed by atoms with Gasteiger partial charge in [-0.2, -0.15) is 0 Å². The van der Waals surface area contributed by atoms with Gasteiger partial charge in [0, 0.05) is 30.0 Å². The van der Waals surface area contributed by atoms with Gasteiger partial charge in [-0.25, -0.2) is 9.78 Å². The van der Waals surface area contributed by atoms with Crippen LogP contribution in [0.25, 0.3) is 0 Å². The van der Waals surface area contributed by atoms with Crippen molar-refractivity contribution in [3.05, 3.63) is 88.6 Å². The van der Waals surface area contributed by atoms with Crippen LogP contribution in [0.5, 0.6) is 0 Å². The minimum Gasteiger partial charge on any atom is -0.335 e. The number of hydrogen-bond acceptors (Lipinski definition) is 4. The number of hydrogen-bond donors (Lipinski definition) is 3. The van der Waals surface area contributed by atoms with Crippen LogP contribution < -0.4 is 16.0 Å². The van der Waals surface area contributed by atoms with Gasteiger partial charge in [0.25, 0.3) is 0 Å². The van der Waals surface area contributed by atoms with Crippen molar-refractivity contribution in [2.24, 2.45) is 0 Å². The van der Waals surface area contributed by atoms with Crippen LogP contribution in [0.1, 0.15) is 53.5 Å². The van der Waals surface area contributed by atoms with E-state index in [1.807, 2.05) is 61.5 Å². The molecular weight excluding hydrogens is 490 g/mol. The van der Waals surface area contributed by atoms with Gasteiger partial charge < -0.3 is 20.9 Å². The summed E-state index contributed by atoms with van der Waals surface area (Å²) in [7, 11) is 0. The van der Waals surface area contributed by atoms with Crippen LogP contribution in [-0.2, 0) is 34.4 Å². The van der Waals surface area contributed by atoms with Gasteiger partial charge in [0.1, 0.15) is 12.4 Å². The van der Waals surface area contributed by atoms with E-state index in [1.165, 1.54) is 0 Å². The molecule has 6 rings (SSSR count). The maximum absolute atomic E-state index is 13.2. The van der Waals surface area contributed by atoms with E-state index in [0.29, 0.717) is 30.9 Å². The molecule has 1 unspecified atom stereocenters. The Labute approximate surface area is 228 Å². The number of aromatic nitrogens is 1. The standard InChI is InChI=1S/C31H33N5O3/c1-20-7-2-3-8-22(20)18-36(30(39)34-24-9-4-5-10-24)19-27(37)33-25-13-12-21-16-31(17-23(21)15-25)26-11-6-14-32-28(26)35-29(31)38/h2-3,6-8,11-15,24H,4-5,9-10,16-19H2,1H3,(H,33,37)(H,34,39)(H,32,35,38). The van der Waals surface area contributed by atoms with Crippen LogP contribution >= 0.6 is 0 Å². The summed E-state index contributed by atoms with van der Waals surface area (Å²) in [5.74, 6) is 0.345. The first-order valence-electron chi connectivity index (χ1n) is 13.7. The summed E-state index contributed by atoms with van der Waals surface area (Å²) in [6.45, 7) is 2.31. The normalized spacial score (nSPS) is 19.5. The molecule has 0 bridgehead atoms. The monoisotopic (exact) mass is 523 g/mol. The summed E-state index contributed by atoms with van der Waals surface area (Å²) in [4.78, 5) is 45.3. The highest BCUT2D eigenvalue weighted by Gasteiger charge is 2.51. The molecule has 4 amide bonds. The maximum Gasteiger partial charge on any atom is 0.318 e. The zero-order valence-corrected chi connectivity index (χ0v) is 22.1. The molecule has 39 heavy (non-hydrogen) atoms. The SMILES string of the molecule is Cc1ccccc1CN(CC(=O)Nc1ccc2c(c1)CC1(C2)C(=O)Nc2ncccc21)C(=O)NC1CCCC1. The Hall–Kier alpha value is -4.20. The molecule has 2 aliphatic carbocycles. The lowest BCUT2D eigenvalue weighted by molar-refractivity contribution is -0.120. The second kappa shape index (κ2) is 10.2. The van der Waals surface area contributed by atoms with E-state index in [-0.39, 0.29) is 30.4 Å². The lowest BCUT2D eigenvalue weighted by Crippen LogP contribution is -2.46. The Bertz CT molecular complexity index is 1450. The molecule has 3 aliphatic rings. The maximum atomic E-state index is 13.2. The Morgan fingerprint density at radius 3 is 2.67 bits per heavy atom. The van der Waals surface area contributed by atoms with Crippen LogP contribution in [-0.4, -0.2) is 40.3 Å². The number of fused-ring (bicyclic) bond motifs is 3. The number of benzene rings is 2. The van der Waals surface area contributed by atoms with Crippen LogP contribution in [0.2, 0.25) is 0 Å². The fourth-order valence-corrected chi connectivity index (χ4v) is 6.25. The molecule has 1 aromatic heterocycles. The molecule has 0 radical (unpaired) electrons. The van der Waals surface area contributed by atoms with Gasteiger partial charge in [-0.15, -0.1) is 0 Å². The van der Waals surface area contributed by atoms with Crippen LogP contribution in [0.15, 0.2) is 60.8 Å². The molecule has 1 saturated carbocycles. The molecule has 8 heteroatoms. The fraction of sp³-hybridized carbons (Fsp3) is 0.355. The van der Waals surface area contributed by atoms with E-state index >= 15 is 0 Å². The number of rotatable bonds is 6. The topological polar surface area (TPSA) is 103 Å². The van der Waals surface area contributed by atoms with E-state index in [1.54, 1.807) is 11.1 Å². The van der Waals surface area contributed by atoms with Gasteiger partial charge in [0.05, 0.1) is 5.41 Å². The molecule has 8 nitrogen and oxygen atoms in total. The Kier molecular flexibility index (Phi) is 6.54. The third-order valence-corrected chi connectivity index (χ3v) is 8.39.